The van der Waals surface area contributed by atoms with Crippen molar-refractivity contribution in [2.45, 2.75) is 0 Å². The van der Waals surface area contributed by atoms with Gasteiger partial charge in [-0.2, -0.15) is 0 Å². The van der Waals surface area contributed by atoms with Crippen LogP contribution in [0, 0.1) is 0 Å². The molecule has 51 valence electrons. The Labute approximate surface area is 105 Å². The van der Waals surface area contributed by atoms with Crippen LogP contribution in [-0.2, 0) is 0 Å². The van der Waals surface area contributed by atoms with Crippen molar-refractivity contribution < 1.29 is 32.9 Å². The van der Waals surface area contributed by atoms with Gasteiger partial charge in [-0.1, -0.05) is 0 Å². The molecule has 0 heterocycles. The van der Waals surface area contributed by atoms with Crippen molar-refractivity contribution in [3.05, 3.63) is 0 Å². The van der Waals surface area contributed by atoms with E-state index in [2.05, 4.69) is 0 Å². The smallest absolute Gasteiger partial charge is 0 e. The third-order valence-corrected chi connectivity index (χ3v) is 0. The van der Waals surface area contributed by atoms with Crippen LogP contribution in [0.1, 0.15) is 0 Å². The first-order chi connectivity index (χ1) is 0. The average molecular weight is 171 g/mol. The summed E-state index contributed by atoms with van der Waals surface area (Å²) in [5, 5.41) is 0. The molecule has 0 aliphatic carbocycles. The summed E-state index contributed by atoms with van der Waals surface area (Å²) in [7, 11) is 0. The average Bonchev–Trinajstić information content (AvgIpc) is 0. The summed E-state index contributed by atoms with van der Waals surface area (Å²) in [6, 6.07) is 0. The summed E-state index contributed by atoms with van der Waals surface area (Å²) in [6.45, 7) is 0. The van der Waals surface area contributed by atoms with E-state index in [9.17, 15) is 0 Å². The molecule has 0 rings (SSSR count). The quantitative estimate of drug-likeness (QED) is 0.314. The molecule has 12 N–H and O–H groups in total. The van der Waals surface area contributed by atoms with Crippen molar-refractivity contribution in [3.63, 3.8) is 0 Å². The Bertz CT molecular complexity index is 8.49. The normalized spacial score (nSPS) is 0. The molecular formula is H12KMgO6. The number of hydrogen-bond donors (Lipinski definition) is 0. The third-order valence-electron chi connectivity index (χ3n) is 0. The Hall–Kier alpha value is 2.16. The van der Waals surface area contributed by atoms with Crippen molar-refractivity contribution >= 4 is 74.4 Å². The first-order valence-corrected chi connectivity index (χ1v) is 0. The molecule has 0 aliphatic rings. The molecule has 0 unspecified atom stereocenters. The monoisotopic (exact) mass is 171 g/mol. The van der Waals surface area contributed by atoms with Gasteiger partial charge >= 0.3 is 0 Å². The molecule has 0 aromatic carbocycles. The van der Waals surface area contributed by atoms with Gasteiger partial charge in [0, 0.05) is 74.4 Å². The van der Waals surface area contributed by atoms with E-state index in [-0.39, 0.29) is 107 Å². The van der Waals surface area contributed by atoms with Crippen LogP contribution < -0.4 is 0 Å². The Balaban J connectivity index is 0. The zero-order chi connectivity index (χ0) is 0. The summed E-state index contributed by atoms with van der Waals surface area (Å²) in [4.78, 5) is 0. The molecule has 0 spiro atoms. The minimum absolute atomic E-state index is 0. The minimum atomic E-state index is 0. The summed E-state index contributed by atoms with van der Waals surface area (Å²) in [6.07, 6.45) is 0. The maximum Gasteiger partial charge on any atom is 0 e. The van der Waals surface area contributed by atoms with Crippen LogP contribution in [0.4, 0.5) is 0 Å². The van der Waals surface area contributed by atoms with E-state index < -0.39 is 0 Å². The van der Waals surface area contributed by atoms with Gasteiger partial charge in [0.1, 0.15) is 0 Å². The predicted molar refractivity (Wildman–Crippen MR) is 33.2 cm³/mol. The fraction of sp³-hybridized carbons (Fsp3) is 0. The van der Waals surface area contributed by atoms with Crippen molar-refractivity contribution in [2.75, 3.05) is 0 Å². The second-order valence-electron chi connectivity index (χ2n) is 0. The van der Waals surface area contributed by atoms with Crippen LogP contribution in [0.25, 0.3) is 0 Å². The van der Waals surface area contributed by atoms with E-state index in [1.807, 2.05) is 0 Å². The second-order valence-corrected chi connectivity index (χ2v) is 0. The first kappa shape index (κ1) is 182. The molecule has 0 aliphatic heterocycles. The van der Waals surface area contributed by atoms with Gasteiger partial charge in [-0.15, -0.1) is 0 Å². The Morgan fingerprint density at radius 1 is 0.375 bits per heavy atom. The number of hydrogen-bond acceptors (Lipinski definition) is 0. The molecule has 0 fully saturated rings. The van der Waals surface area contributed by atoms with E-state index in [1.54, 1.807) is 0 Å². The molecular weight excluding hydrogens is 159 g/mol. The maximum atomic E-state index is 0. The molecule has 3 radical (unpaired) electrons. The van der Waals surface area contributed by atoms with Gasteiger partial charge in [0.25, 0.3) is 0 Å². The Morgan fingerprint density at radius 3 is 0.375 bits per heavy atom. The standard InChI is InChI=1S/K.Mg.6H2O/h;;6*1H2. The number of rotatable bonds is 0. The van der Waals surface area contributed by atoms with E-state index in [4.69, 9.17) is 0 Å². The maximum absolute atomic E-state index is 0. The minimum Gasteiger partial charge on any atom is -0.412 e. The van der Waals surface area contributed by atoms with E-state index in [0.717, 1.165) is 0 Å². The van der Waals surface area contributed by atoms with Crippen LogP contribution in [0.15, 0.2) is 0 Å². The van der Waals surface area contributed by atoms with Crippen LogP contribution in [0.5, 0.6) is 0 Å². The van der Waals surface area contributed by atoms with Gasteiger partial charge in [0.15, 0.2) is 0 Å². The topological polar surface area (TPSA) is 189 Å². The van der Waals surface area contributed by atoms with Crippen molar-refractivity contribution in [1.29, 1.82) is 0 Å². The van der Waals surface area contributed by atoms with Crippen LogP contribution in [0.2, 0.25) is 0 Å². The molecule has 0 aromatic rings. The fourth-order valence-electron chi connectivity index (χ4n) is 0. The molecule has 0 amide bonds. The third kappa shape index (κ3) is 89.5. The molecule has 0 saturated heterocycles. The van der Waals surface area contributed by atoms with E-state index in [0.29, 0.717) is 0 Å². The van der Waals surface area contributed by atoms with Gasteiger partial charge < -0.3 is 32.9 Å². The van der Waals surface area contributed by atoms with Gasteiger partial charge in [0.2, 0.25) is 0 Å². The van der Waals surface area contributed by atoms with Gasteiger partial charge in [-0.05, 0) is 0 Å². The van der Waals surface area contributed by atoms with Crippen LogP contribution in [0.3, 0.4) is 0 Å². The zero-order valence-electron chi connectivity index (χ0n) is 4.71. The van der Waals surface area contributed by atoms with Crippen LogP contribution >= 0.6 is 0 Å². The Morgan fingerprint density at radius 2 is 0.375 bits per heavy atom. The van der Waals surface area contributed by atoms with Gasteiger partial charge in [-0.25, -0.2) is 0 Å². The van der Waals surface area contributed by atoms with Gasteiger partial charge in [-0.3, -0.25) is 0 Å². The van der Waals surface area contributed by atoms with Crippen molar-refractivity contribution in [1.82, 2.24) is 0 Å². The molecule has 0 atom stereocenters. The van der Waals surface area contributed by atoms with E-state index >= 15 is 0 Å². The summed E-state index contributed by atoms with van der Waals surface area (Å²) < 4.78 is 0. The predicted octanol–water partition coefficient (Wildman–Crippen LogP) is -5.71. The van der Waals surface area contributed by atoms with Gasteiger partial charge in [0.05, 0.1) is 0 Å². The molecule has 8 heteroatoms. The molecule has 0 bridgehead atoms. The van der Waals surface area contributed by atoms with E-state index in [1.165, 1.54) is 0 Å². The molecule has 0 saturated carbocycles. The van der Waals surface area contributed by atoms with Crippen LogP contribution in [-0.4, -0.2) is 107 Å². The first-order valence-electron chi connectivity index (χ1n) is 0. The molecule has 6 nitrogen and oxygen atoms in total. The zero-order valence-corrected chi connectivity index (χ0v) is 9.24. The van der Waals surface area contributed by atoms with Crippen molar-refractivity contribution in [3.8, 4) is 0 Å². The summed E-state index contributed by atoms with van der Waals surface area (Å²) in [5.41, 5.74) is 0. The molecule has 0 aromatic heterocycles. The second kappa shape index (κ2) is 131. The molecule has 8 heavy (non-hydrogen) atoms. The van der Waals surface area contributed by atoms with Crippen molar-refractivity contribution in [2.24, 2.45) is 0 Å². The summed E-state index contributed by atoms with van der Waals surface area (Å²) in [5.74, 6) is 0. The largest absolute Gasteiger partial charge is 0.412 e. The fourth-order valence-corrected chi connectivity index (χ4v) is 0. The summed E-state index contributed by atoms with van der Waals surface area (Å²) >= 11 is 0. The SMILES string of the molecule is O.O.O.O.O.O.[K].[Mg]. The Kier molecular flexibility index (Phi) is 2980.